The first kappa shape index (κ1) is 23.4. The molecular formula is C30H30FNO3. The van der Waals surface area contributed by atoms with Crippen LogP contribution in [-0.4, -0.2) is 23.0 Å². The second-order valence-electron chi connectivity index (χ2n) is 10.4. The lowest BCUT2D eigenvalue weighted by Crippen LogP contribution is -2.27. The zero-order chi connectivity index (χ0) is 25.1. The Labute approximate surface area is 205 Å². The summed E-state index contributed by atoms with van der Waals surface area (Å²) in [5, 5.41) is 2.23. The van der Waals surface area contributed by atoms with Gasteiger partial charge in [0.2, 0.25) is 0 Å². The van der Waals surface area contributed by atoms with Crippen LogP contribution >= 0.6 is 0 Å². The molecule has 0 aliphatic carbocycles. The minimum absolute atomic E-state index is 0.172. The number of rotatable bonds is 4. The average molecular weight is 472 g/mol. The molecule has 4 nitrogen and oxygen atoms in total. The topological polar surface area (TPSA) is 48.4 Å². The molecule has 0 saturated carbocycles. The molecule has 0 fully saturated rings. The standard InChI is InChI=1S/C30H30FNO3/c1-16-7-8-20-22(15-16)27(31)17(2)24(29(18(3)33)35-30(4,5)6)26(20)21-9-10-23-25-19(12-14-34-23)11-13-32-28(21)25/h7-11,13,15,29H,12,14H2,1-6H3/t29-/m1/s1. The molecule has 3 aromatic carbocycles. The van der Waals surface area contributed by atoms with Crippen LogP contribution in [0.3, 0.4) is 0 Å². The fourth-order valence-corrected chi connectivity index (χ4v) is 5.13. The number of fused-ring (bicyclic) bond motifs is 1. The van der Waals surface area contributed by atoms with E-state index in [1.807, 2.05) is 70.3 Å². The molecule has 0 bridgehead atoms. The van der Waals surface area contributed by atoms with Crippen LogP contribution in [-0.2, 0) is 16.0 Å². The monoisotopic (exact) mass is 471 g/mol. The second kappa shape index (κ2) is 8.42. The Morgan fingerprint density at radius 2 is 1.89 bits per heavy atom. The van der Waals surface area contributed by atoms with Crippen molar-refractivity contribution in [2.45, 2.75) is 59.7 Å². The van der Waals surface area contributed by atoms with Gasteiger partial charge in [-0.05, 0) is 87.9 Å². The van der Waals surface area contributed by atoms with E-state index in [-0.39, 0.29) is 11.6 Å². The smallest absolute Gasteiger partial charge is 0.163 e. The van der Waals surface area contributed by atoms with E-state index < -0.39 is 11.7 Å². The zero-order valence-corrected chi connectivity index (χ0v) is 21.1. The van der Waals surface area contributed by atoms with Crippen LogP contribution < -0.4 is 4.74 Å². The molecular weight excluding hydrogens is 441 g/mol. The number of aryl methyl sites for hydroxylation is 1. The van der Waals surface area contributed by atoms with Crippen LogP contribution in [0.2, 0.25) is 0 Å². The van der Waals surface area contributed by atoms with Gasteiger partial charge in [-0.15, -0.1) is 0 Å². The number of hydrogen-bond donors (Lipinski definition) is 0. The largest absolute Gasteiger partial charge is 0.493 e. The number of halogens is 1. The maximum Gasteiger partial charge on any atom is 0.163 e. The highest BCUT2D eigenvalue weighted by Gasteiger charge is 2.32. The van der Waals surface area contributed by atoms with Gasteiger partial charge in [0.05, 0.1) is 17.7 Å². The number of nitrogens with zero attached hydrogens (tertiary/aromatic N) is 1. The van der Waals surface area contributed by atoms with Crippen LogP contribution in [0, 0.1) is 19.7 Å². The van der Waals surface area contributed by atoms with Gasteiger partial charge >= 0.3 is 0 Å². The summed E-state index contributed by atoms with van der Waals surface area (Å²) in [4.78, 5) is 17.8. The molecule has 0 unspecified atom stereocenters. The quantitative estimate of drug-likeness (QED) is 0.316. The minimum Gasteiger partial charge on any atom is -0.493 e. The van der Waals surface area contributed by atoms with Gasteiger partial charge in [-0.2, -0.15) is 0 Å². The molecule has 2 heterocycles. The Bertz CT molecular complexity index is 1490. The first-order valence-electron chi connectivity index (χ1n) is 12.0. The molecule has 0 N–H and O–H groups in total. The number of aromatic nitrogens is 1. The average Bonchev–Trinajstić information content (AvgIpc) is 2.80. The number of pyridine rings is 1. The number of hydrogen-bond acceptors (Lipinski definition) is 4. The molecule has 5 rings (SSSR count). The molecule has 0 amide bonds. The summed E-state index contributed by atoms with van der Waals surface area (Å²) in [5.74, 6) is 0.298. The number of ether oxygens (including phenoxy) is 2. The van der Waals surface area contributed by atoms with E-state index in [1.165, 1.54) is 12.5 Å². The molecule has 180 valence electrons. The van der Waals surface area contributed by atoms with E-state index in [2.05, 4.69) is 0 Å². The predicted octanol–water partition coefficient (Wildman–Crippen LogP) is 7.19. The highest BCUT2D eigenvalue weighted by atomic mass is 19.1. The summed E-state index contributed by atoms with van der Waals surface area (Å²) in [6.07, 6.45) is 1.69. The first-order valence-corrected chi connectivity index (χ1v) is 12.0. The second-order valence-corrected chi connectivity index (χ2v) is 10.4. The van der Waals surface area contributed by atoms with Gasteiger partial charge in [0.1, 0.15) is 17.7 Å². The van der Waals surface area contributed by atoms with Crippen LogP contribution in [0.25, 0.3) is 32.8 Å². The molecule has 1 atom stereocenters. The molecule has 35 heavy (non-hydrogen) atoms. The molecule has 4 aromatic rings. The Hall–Kier alpha value is -3.31. The molecule has 1 aliphatic rings. The summed E-state index contributed by atoms with van der Waals surface area (Å²) in [5.41, 5.74) is 4.91. The lowest BCUT2D eigenvalue weighted by molar-refractivity contribution is -0.138. The van der Waals surface area contributed by atoms with Crippen LogP contribution in [0.1, 0.15) is 56.1 Å². The summed E-state index contributed by atoms with van der Waals surface area (Å²) >= 11 is 0. The molecule has 0 spiro atoms. The molecule has 1 aromatic heterocycles. The third-order valence-corrected chi connectivity index (χ3v) is 6.62. The van der Waals surface area contributed by atoms with Gasteiger partial charge in [-0.25, -0.2) is 4.39 Å². The van der Waals surface area contributed by atoms with Crippen molar-refractivity contribution < 1.29 is 18.7 Å². The van der Waals surface area contributed by atoms with Crippen molar-refractivity contribution in [1.82, 2.24) is 4.98 Å². The van der Waals surface area contributed by atoms with Gasteiger partial charge < -0.3 is 9.47 Å². The van der Waals surface area contributed by atoms with Crippen molar-refractivity contribution in [1.29, 1.82) is 0 Å². The fourth-order valence-electron chi connectivity index (χ4n) is 5.13. The maximum atomic E-state index is 15.9. The van der Waals surface area contributed by atoms with Gasteiger partial charge in [0.25, 0.3) is 0 Å². The minimum atomic E-state index is -0.924. The van der Waals surface area contributed by atoms with Crippen molar-refractivity contribution >= 4 is 27.5 Å². The maximum absolute atomic E-state index is 15.9. The normalized spacial score (nSPS) is 14.3. The summed E-state index contributed by atoms with van der Waals surface area (Å²) in [7, 11) is 0. The molecule has 5 heteroatoms. The number of benzene rings is 3. The van der Waals surface area contributed by atoms with E-state index >= 15 is 4.39 Å². The van der Waals surface area contributed by atoms with Crippen molar-refractivity contribution in [3.05, 3.63) is 70.7 Å². The van der Waals surface area contributed by atoms with E-state index in [9.17, 15) is 4.79 Å². The van der Waals surface area contributed by atoms with Crippen LogP contribution in [0.4, 0.5) is 4.39 Å². The first-order chi connectivity index (χ1) is 16.6. The van der Waals surface area contributed by atoms with E-state index in [0.29, 0.717) is 23.1 Å². The van der Waals surface area contributed by atoms with Gasteiger partial charge in [-0.3, -0.25) is 9.78 Å². The predicted molar refractivity (Wildman–Crippen MR) is 138 cm³/mol. The van der Waals surface area contributed by atoms with Crippen LogP contribution in [0.5, 0.6) is 5.75 Å². The Balaban J connectivity index is 1.95. The summed E-state index contributed by atoms with van der Waals surface area (Å²) in [6.45, 7) is 11.5. The van der Waals surface area contributed by atoms with Crippen molar-refractivity contribution in [3.63, 3.8) is 0 Å². The summed E-state index contributed by atoms with van der Waals surface area (Å²) in [6, 6.07) is 11.7. The lowest BCUT2D eigenvalue weighted by Gasteiger charge is -2.30. The molecule has 0 saturated heterocycles. The fraction of sp³-hybridized carbons (Fsp3) is 0.333. The van der Waals surface area contributed by atoms with Gasteiger partial charge in [0.15, 0.2) is 5.78 Å². The van der Waals surface area contributed by atoms with Crippen molar-refractivity contribution in [3.8, 4) is 16.9 Å². The Morgan fingerprint density at radius 1 is 1.11 bits per heavy atom. The number of Topliss-reactive ketones (excluding diaryl/α,β-unsaturated/α-hetero) is 1. The van der Waals surface area contributed by atoms with Crippen LogP contribution in [0.15, 0.2) is 42.6 Å². The number of carbonyl (C=O) groups is 1. The summed E-state index contributed by atoms with van der Waals surface area (Å²) < 4.78 is 28.1. The Kier molecular flexibility index (Phi) is 5.64. The number of carbonyl (C=O) groups excluding carboxylic acids is 1. The van der Waals surface area contributed by atoms with E-state index in [0.717, 1.165) is 45.1 Å². The Morgan fingerprint density at radius 3 is 2.60 bits per heavy atom. The van der Waals surface area contributed by atoms with Crippen molar-refractivity contribution in [2.75, 3.05) is 6.61 Å². The highest BCUT2D eigenvalue weighted by Crippen LogP contribution is 2.46. The van der Waals surface area contributed by atoms with Gasteiger partial charge in [-0.1, -0.05) is 17.7 Å². The van der Waals surface area contributed by atoms with Crippen molar-refractivity contribution in [2.24, 2.45) is 0 Å². The zero-order valence-electron chi connectivity index (χ0n) is 21.1. The van der Waals surface area contributed by atoms with Gasteiger partial charge in [0, 0.05) is 34.5 Å². The number of ketones is 1. The highest BCUT2D eigenvalue weighted by molar-refractivity contribution is 6.09. The lowest BCUT2D eigenvalue weighted by atomic mass is 9.84. The third-order valence-electron chi connectivity index (χ3n) is 6.62. The molecule has 0 radical (unpaired) electrons. The van der Waals surface area contributed by atoms with E-state index in [1.54, 1.807) is 6.92 Å². The SMILES string of the molecule is CC(=O)[C@@H](OC(C)(C)C)c1c(C)c(F)c2cc(C)ccc2c1-c1ccc2c3c(ccnc13)CCO2. The third kappa shape index (κ3) is 3.98. The molecule has 1 aliphatic heterocycles. The van der Waals surface area contributed by atoms with E-state index in [4.69, 9.17) is 14.5 Å².